The van der Waals surface area contributed by atoms with E-state index in [1.54, 1.807) is 18.2 Å². The molecule has 1 aliphatic heterocycles. The van der Waals surface area contributed by atoms with Crippen LogP contribution in [0.5, 0.6) is 5.75 Å². The molecule has 1 saturated heterocycles. The predicted molar refractivity (Wildman–Crippen MR) is 120 cm³/mol. The molecule has 2 N–H and O–H groups in total. The fourth-order valence-electron chi connectivity index (χ4n) is 3.61. The first-order chi connectivity index (χ1) is 15.0. The van der Waals surface area contributed by atoms with E-state index in [1.807, 2.05) is 6.07 Å². The van der Waals surface area contributed by atoms with Gasteiger partial charge in [0.05, 0.1) is 12.7 Å². The number of aliphatic hydroxyl groups excluding tert-OH is 1. The minimum atomic E-state index is -0.147. The predicted octanol–water partition coefficient (Wildman–Crippen LogP) is 3.32. The van der Waals surface area contributed by atoms with Gasteiger partial charge in [-0.3, -0.25) is 14.5 Å². The van der Waals surface area contributed by atoms with Crippen molar-refractivity contribution < 1.29 is 19.4 Å². The van der Waals surface area contributed by atoms with E-state index in [2.05, 4.69) is 34.5 Å². The Labute approximate surface area is 184 Å². The molecule has 0 atom stereocenters. The molecule has 6 nitrogen and oxygen atoms in total. The van der Waals surface area contributed by atoms with Crippen LogP contribution in [0.2, 0.25) is 0 Å². The van der Waals surface area contributed by atoms with Gasteiger partial charge >= 0.3 is 0 Å². The van der Waals surface area contributed by atoms with Crippen LogP contribution < -0.4 is 10.1 Å². The Hall–Kier alpha value is -2.70. The van der Waals surface area contributed by atoms with Gasteiger partial charge in [0.1, 0.15) is 5.75 Å². The molecular formula is C25H32N2O4. The third kappa shape index (κ3) is 7.81. The molecule has 1 amide bonds. The first-order valence-corrected chi connectivity index (χ1v) is 11.0. The van der Waals surface area contributed by atoms with Crippen LogP contribution in [0.1, 0.15) is 54.1 Å². The van der Waals surface area contributed by atoms with Gasteiger partial charge in [-0.1, -0.05) is 36.4 Å². The number of nitrogens with zero attached hydrogens (tertiary/aromatic N) is 1. The number of carbonyl (C=O) groups is 2. The highest BCUT2D eigenvalue weighted by atomic mass is 16.5. The third-order valence-corrected chi connectivity index (χ3v) is 5.53. The van der Waals surface area contributed by atoms with Gasteiger partial charge in [0.25, 0.3) is 0 Å². The first kappa shape index (κ1) is 23.0. The summed E-state index contributed by atoms with van der Waals surface area (Å²) in [6.07, 6.45) is 2.55. The SMILES string of the molecule is CC(=O)c1cccc(OCCCC(=O)NCc2ccc(CN3CCC(O)CC3)cc2)c1. The van der Waals surface area contributed by atoms with Gasteiger partial charge in [-0.25, -0.2) is 0 Å². The Bertz CT molecular complexity index is 858. The van der Waals surface area contributed by atoms with Gasteiger partial charge in [0.15, 0.2) is 5.78 Å². The minimum Gasteiger partial charge on any atom is -0.494 e. The molecule has 2 aromatic carbocycles. The van der Waals surface area contributed by atoms with Crippen molar-refractivity contribution in [2.75, 3.05) is 19.7 Å². The Morgan fingerprint density at radius 3 is 2.52 bits per heavy atom. The van der Waals surface area contributed by atoms with Gasteiger partial charge in [-0.15, -0.1) is 0 Å². The van der Waals surface area contributed by atoms with Gasteiger partial charge in [0.2, 0.25) is 5.91 Å². The zero-order chi connectivity index (χ0) is 22.1. The number of Topliss-reactive ketones (excluding diaryl/α,β-unsaturated/α-hetero) is 1. The van der Waals surface area contributed by atoms with Crippen LogP contribution in [0.3, 0.4) is 0 Å². The fourth-order valence-corrected chi connectivity index (χ4v) is 3.61. The van der Waals surface area contributed by atoms with E-state index in [9.17, 15) is 14.7 Å². The molecule has 3 rings (SSSR count). The van der Waals surface area contributed by atoms with Crippen molar-refractivity contribution in [1.29, 1.82) is 0 Å². The van der Waals surface area contributed by atoms with Gasteiger partial charge < -0.3 is 15.2 Å². The number of hydrogen-bond acceptors (Lipinski definition) is 5. The van der Waals surface area contributed by atoms with Crippen LogP contribution in [0, 0.1) is 0 Å². The third-order valence-electron chi connectivity index (χ3n) is 5.53. The zero-order valence-corrected chi connectivity index (χ0v) is 18.2. The van der Waals surface area contributed by atoms with Crippen LogP contribution in [0.25, 0.3) is 0 Å². The lowest BCUT2D eigenvalue weighted by Gasteiger charge is -2.29. The van der Waals surface area contributed by atoms with Crippen molar-refractivity contribution in [3.8, 4) is 5.75 Å². The second-order valence-corrected chi connectivity index (χ2v) is 8.14. The second-order valence-electron chi connectivity index (χ2n) is 8.14. The summed E-state index contributed by atoms with van der Waals surface area (Å²) >= 11 is 0. The maximum Gasteiger partial charge on any atom is 0.220 e. The summed E-state index contributed by atoms with van der Waals surface area (Å²) in [7, 11) is 0. The molecule has 0 saturated carbocycles. The van der Waals surface area contributed by atoms with E-state index in [0.29, 0.717) is 37.3 Å². The van der Waals surface area contributed by atoms with E-state index in [0.717, 1.165) is 38.0 Å². The minimum absolute atomic E-state index is 0.00274. The number of likely N-dealkylation sites (tertiary alicyclic amines) is 1. The maximum atomic E-state index is 12.1. The van der Waals surface area contributed by atoms with Crippen molar-refractivity contribution in [2.24, 2.45) is 0 Å². The van der Waals surface area contributed by atoms with Crippen molar-refractivity contribution in [2.45, 2.75) is 51.8 Å². The molecule has 0 aromatic heterocycles. The lowest BCUT2D eigenvalue weighted by atomic mass is 10.1. The molecule has 6 heteroatoms. The summed E-state index contributed by atoms with van der Waals surface area (Å²) in [5, 5.41) is 12.6. The van der Waals surface area contributed by atoms with Crippen molar-refractivity contribution >= 4 is 11.7 Å². The number of rotatable bonds is 10. The number of amides is 1. The van der Waals surface area contributed by atoms with Crippen LogP contribution in [-0.2, 0) is 17.9 Å². The zero-order valence-electron chi connectivity index (χ0n) is 18.2. The van der Waals surface area contributed by atoms with Gasteiger partial charge in [-0.2, -0.15) is 0 Å². The Morgan fingerprint density at radius 2 is 1.81 bits per heavy atom. The standard InChI is InChI=1S/C25H32N2O4/c1-19(28)22-4-2-5-24(16-22)31-15-3-6-25(30)26-17-20-7-9-21(10-8-20)18-27-13-11-23(29)12-14-27/h2,4-5,7-10,16,23,29H,3,6,11-15,17-18H2,1H3,(H,26,30). The number of ketones is 1. The summed E-state index contributed by atoms with van der Waals surface area (Å²) in [4.78, 5) is 25.9. The number of ether oxygens (including phenoxy) is 1. The summed E-state index contributed by atoms with van der Waals surface area (Å²) in [5.74, 6) is 0.648. The number of aliphatic hydroxyl groups is 1. The van der Waals surface area contributed by atoms with E-state index in [4.69, 9.17) is 4.74 Å². The lowest BCUT2D eigenvalue weighted by Crippen LogP contribution is -2.35. The monoisotopic (exact) mass is 424 g/mol. The molecule has 1 aliphatic rings. The normalized spacial score (nSPS) is 14.9. The van der Waals surface area contributed by atoms with Crippen molar-refractivity contribution in [1.82, 2.24) is 10.2 Å². The Morgan fingerprint density at radius 1 is 1.10 bits per heavy atom. The van der Waals surface area contributed by atoms with Crippen LogP contribution >= 0.6 is 0 Å². The second kappa shape index (κ2) is 11.6. The quantitative estimate of drug-likeness (QED) is 0.452. The summed E-state index contributed by atoms with van der Waals surface area (Å²) in [6, 6.07) is 15.4. The molecular weight excluding hydrogens is 392 g/mol. The van der Waals surface area contributed by atoms with Gasteiger partial charge in [0, 0.05) is 38.2 Å². The average molecular weight is 425 g/mol. The molecule has 2 aromatic rings. The summed E-state index contributed by atoms with van der Waals surface area (Å²) in [6.45, 7) is 5.23. The molecule has 166 valence electrons. The smallest absolute Gasteiger partial charge is 0.220 e. The van der Waals surface area contributed by atoms with E-state index >= 15 is 0 Å². The summed E-state index contributed by atoms with van der Waals surface area (Å²) < 4.78 is 5.64. The molecule has 0 spiro atoms. The number of hydrogen-bond donors (Lipinski definition) is 2. The highest BCUT2D eigenvalue weighted by Crippen LogP contribution is 2.15. The van der Waals surface area contributed by atoms with Crippen LogP contribution in [0.4, 0.5) is 0 Å². The van der Waals surface area contributed by atoms with E-state index < -0.39 is 0 Å². The maximum absolute atomic E-state index is 12.1. The highest BCUT2D eigenvalue weighted by Gasteiger charge is 2.16. The topological polar surface area (TPSA) is 78.9 Å². The molecule has 0 aliphatic carbocycles. The first-order valence-electron chi connectivity index (χ1n) is 11.0. The molecule has 1 fully saturated rings. The Kier molecular flexibility index (Phi) is 8.62. The lowest BCUT2D eigenvalue weighted by molar-refractivity contribution is -0.121. The molecule has 0 unspecified atom stereocenters. The largest absolute Gasteiger partial charge is 0.494 e. The Balaban J connectivity index is 1.32. The number of benzene rings is 2. The van der Waals surface area contributed by atoms with Crippen LogP contribution in [-0.4, -0.2) is 47.5 Å². The van der Waals surface area contributed by atoms with Crippen molar-refractivity contribution in [3.63, 3.8) is 0 Å². The highest BCUT2D eigenvalue weighted by molar-refractivity contribution is 5.94. The number of piperidine rings is 1. The molecule has 0 radical (unpaired) electrons. The number of nitrogens with one attached hydrogen (secondary N) is 1. The fraction of sp³-hybridized carbons (Fsp3) is 0.440. The van der Waals surface area contributed by atoms with Gasteiger partial charge in [-0.05, 0) is 49.4 Å². The van der Waals surface area contributed by atoms with Crippen molar-refractivity contribution in [3.05, 3.63) is 65.2 Å². The van der Waals surface area contributed by atoms with E-state index in [-0.39, 0.29) is 17.8 Å². The number of carbonyl (C=O) groups excluding carboxylic acids is 2. The average Bonchev–Trinajstić information content (AvgIpc) is 2.78. The summed E-state index contributed by atoms with van der Waals surface area (Å²) in [5.41, 5.74) is 2.94. The van der Waals surface area contributed by atoms with Crippen LogP contribution in [0.15, 0.2) is 48.5 Å². The molecule has 0 bridgehead atoms. The molecule has 31 heavy (non-hydrogen) atoms. The molecule has 1 heterocycles. The van der Waals surface area contributed by atoms with E-state index in [1.165, 1.54) is 12.5 Å².